The molecule has 4 rings (SSSR count). The van der Waals surface area contributed by atoms with Gasteiger partial charge in [-0.1, -0.05) is 0 Å². The maximum absolute atomic E-state index is 13.0. The lowest BCUT2D eigenvalue weighted by atomic mass is 9.94. The van der Waals surface area contributed by atoms with Gasteiger partial charge < -0.3 is 35.8 Å². The minimum Gasteiger partial charge on any atom is -0.369 e. The number of carbonyl (C=O) groups is 1. The molecule has 0 aromatic carbocycles. The van der Waals surface area contributed by atoms with E-state index >= 15 is 0 Å². The summed E-state index contributed by atoms with van der Waals surface area (Å²) in [5, 5.41) is 0. The molecule has 4 heterocycles. The SMILES string of the molecule is NCc1ncsc1C(=O)C[C@@H]1C[C@H](n2cnc3c(=O)[nH]c(N)nc32)OC1COP(=O)(O)OP(=O)(O)OP(=O)(O)O. The predicted molar refractivity (Wildman–Crippen MR) is 133 cm³/mol. The second kappa shape index (κ2) is 11.6. The molecule has 0 amide bonds. The number of imidazole rings is 1. The summed E-state index contributed by atoms with van der Waals surface area (Å²) in [4.78, 5) is 76.5. The monoisotopic (exact) mass is 645 g/mol. The summed E-state index contributed by atoms with van der Waals surface area (Å²) < 4.78 is 54.2. The zero-order chi connectivity index (χ0) is 29.5. The molecule has 0 bridgehead atoms. The van der Waals surface area contributed by atoms with Crippen molar-refractivity contribution in [1.29, 1.82) is 0 Å². The summed E-state index contributed by atoms with van der Waals surface area (Å²) in [6, 6.07) is 0. The first-order chi connectivity index (χ1) is 18.6. The minimum atomic E-state index is -5.74. The van der Waals surface area contributed by atoms with Crippen LogP contribution in [0.3, 0.4) is 0 Å². The molecule has 1 aliphatic rings. The molecular formula is C16H22N7O13P3S. The lowest BCUT2D eigenvalue weighted by Crippen LogP contribution is -2.24. The number of phosphoric ester groups is 1. The van der Waals surface area contributed by atoms with Gasteiger partial charge in [-0.3, -0.25) is 23.7 Å². The van der Waals surface area contributed by atoms with Gasteiger partial charge >= 0.3 is 23.5 Å². The van der Waals surface area contributed by atoms with E-state index in [1.807, 2.05) is 0 Å². The lowest BCUT2D eigenvalue weighted by Gasteiger charge is -2.21. The fourth-order valence-electron chi connectivity index (χ4n) is 3.95. The number of thiazole rings is 1. The number of anilines is 1. The van der Waals surface area contributed by atoms with Crippen molar-refractivity contribution in [3.63, 3.8) is 0 Å². The van der Waals surface area contributed by atoms with E-state index in [1.165, 1.54) is 16.4 Å². The molecule has 20 nitrogen and oxygen atoms in total. The Bertz CT molecular complexity index is 1620. The van der Waals surface area contributed by atoms with Crippen LogP contribution in [0.25, 0.3) is 11.2 Å². The van der Waals surface area contributed by atoms with Crippen molar-refractivity contribution in [3.05, 3.63) is 32.8 Å². The number of hydrogen-bond acceptors (Lipinski definition) is 15. The van der Waals surface area contributed by atoms with Gasteiger partial charge in [0.2, 0.25) is 5.95 Å². The Morgan fingerprint density at radius 3 is 2.60 bits per heavy atom. The number of carbonyl (C=O) groups excluding carboxylic acids is 1. The minimum absolute atomic E-state index is 0.00645. The number of rotatable bonds is 12. The van der Waals surface area contributed by atoms with Crippen molar-refractivity contribution >= 4 is 57.7 Å². The molecule has 9 N–H and O–H groups in total. The molecular weight excluding hydrogens is 623 g/mol. The second-order valence-electron chi connectivity index (χ2n) is 8.25. The Labute approximate surface area is 226 Å². The quantitative estimate of drug-likeness (QED) is 0.102. The van der Waals surface area contributed by atoms with Gasteiger partial charge in [-0.05, 0) is 12.3 Å². The van der Waals surface area contributed by atoms with Gasteiger partial charge in [0.1, 0.15) is 6.23 Å². The van der Waals surface area contributed by atoms with Crippen LogP contribution in [-0.2, 0) is 38.1 Å². The molecule has 5 atom stereocenters. The van der Waals surface area contributed by atoms with E-state index in [-0.39, 0.29) is 42.3 Å². The van der Waals surface area contributed by atoms with Crippen molar-refractivity contribution in [3.8, 4) is 0 Å². The average Bonchev–Trinajstić information content (AvgIpc) is 3.53. The van der Waals surface area contributed by atoms with Crippen LogP contribution >= 0.6 is 34.8 Å². The molecule has 3 unspecified atom stereocenters. The molecule has 0 radical (unpaired) electrons. The molecule has 3 aromatic rings. The van der Waals surface area contributed by atoms with Gasteiger partial charge in [0.05, 0.1) is 35.1 Å². The Kier molecular flexibility index (Phi) is 8.89. The van der Waals surface area contributed by atoms with Gasteiger partial charge in [0.15, 0.2) is 16.9 Å². The first-order valence-electron chi connectivity index (χ1n) is 10.9. The molecule has 1 saturated heterocycles. The first kappa shape index (κ1) is 30.7. The smallest absolute Gasteiger partial charge is 0.369 e. The highest BCUT2D eigenvalue weighted by molar-refractivity contribution is 7.66. The molecule has 40 heavy (non-hydrogen) atoms. The predicted octanol–water partition coefficient (Wildman–Crippen LogP) is 0.137. The summed E-state index contributed by atoms with van der Waals surface area (Å²) in [6.07, 6.45) is -0.923. The molecule has 220 valence electrons. The molecule has 0 saturated carbocycles. The van der Waals surface area contributed by atoms with Crippen molar-refractivity contribution in [2.24, 2.45) is 11.7 Å². The van der Waals surface area contributed by atoms with E-state index in [0.717, 1.165) is 11.3 Å². The number of nitrogens with two attached hydrogens (primary N) is 2. The Hall–Kier alpha value is -2.22. The maximum Gasteiger partial charge on any atom is 0.490 e. The third-order valence-electron chi connectivity index (χ3n) is 5.48. The van der Waals surface area contributed by atoms with E-state index in [0.29, 0.717) is 10.6 Å². The molecule has 1 aliphatic heterocycles. The number of aromatic amines is 1. The summed E-state index contributed by atoms with van der Waals surface area (Å²) in [5.74, 6) is -1.28. The fraction of sp³-hybridized carbons (Fsp3) is 0.438. The molecule has 0 spiro atoms. The van der Waals surface area contributed by atoms with Crippen molar-refractivity contribution < 1.29 is 55.9 Å². The Balaban J connectivity index is 1.56. The number of hydrogen-bond donors (Lipinski definition) is 7. The lowest BCUT2D eigenvalue weighted by molar-refractivity contribution is -0.0287. The highest BCUT2D eigenvalue weighted by atomic mass is 32.1. The third-order valence-corrected chi connectivity index (χ3v) is 10.2. The summed E-state index contributed by atoms with van der Waals surface area (Å²) in [5.41, 5.74) is 12.5. The first-order valence-corrected chi connectivity index (χ1v) is 16.3. The number of ketones is 1. The molecule has 24 heteroatoms. The highest BCUT2D eigenvalue weighted by Gasteiger charge is 2.44. The van der Waals surface area contributed by atoms with E-state index in [9.17, 15) is 33.1 Å². The maximum atomic E-state index is 13.0. The van der Waals surface area contributed by atoms with Crippen LogP contribution in [0.15, 0.2) is 16.6 Å². The van der Waals surface area contributed by atoms with Crippen LogP contribution in [0.2, 0.25) is 0 Å². The van der Waals surface area contributed by atoms with E-state index in [1.54, 1.807) is 0 Å². The normalized spacial score (nSPS) is 22.8. The number of fused-ring (bicyclic) bond motifs is 1. The van der Waals surface area contributed by atoms with E-state index in [2.05, 4.69) is 28.6 Å². The van der Waals surface area contributed by atoms with Crippen LogP contribution in [0, 0.1) is 5.92 Å². The van der Waals surface area contributed by atoms with Gasteiger partial charge in [-0.2, -0.15) is 13.6 Å². The van der Waals surface area contributed by atoms with Gasteiger partial charge in [-0.15, -0.1) is 11.3 Å². The molecule has 3 aromatic heterocycles. The molecule has 0 aliphatic carbocycles. The Morgan fingerprint density at radius 1 is 1.20 bits per heavy atom. The van der Waals surface area contributed by atoms with Crippen LogP contribution in [0.5, 0.6) is 0 Å². The van der Waals surface area contributed by atoms with E-state index < -0.39 is 53.9 Å². The average molecular weight is 645 g/mol. The summed E-state index contributed by atoms with van der Waals surface area (Å²) in [6.45, 7) is -0.792. The number of Topliss-reactive ketones (excluding diaryl/α,β-unsaturated/α-hetero) is 1. The molecule has 1 fully saturated rings. The van der Waals surface area contributed by atoms with Crippen molar-refractivity contribution in [2.75, 3.05) is 12.3 Å². The number of H-pyrrole nitrogens is 1. The number of aromatic nitrogens is 5. The topological polar surface area (TPSA) is 315 Å². The largest absolute Gasteiger partial charge is 0.490 e. The van der Waals surface area contributed by atoms with Gasteiger partial charge in [-0.25, -0.2) is 23.7 Å². The number of nitrogen functional groups attached to an aromatic ring is 1. The summed E-state index contributed by atoms with van der Waals surface area (Å²) in [7, 11) is -16.8. The van der Waals surface area contributed by atoms with Crippen LogP contribution in [0.1, 0.15) is 34.4 Å². The number of phosphoric acid groups is 3. The Morgan fingerprint density at radius 2 is 1.93 bits per heavy atom. The third kappa shape index (κ3) is 7.34. The van der Waals surface area contributed by atoms with E-state index in [4.69, 9.17) is 30.5 Å². The standard InChI is InChI=1S/C16H22N7O13P3S/c17-3-8-13(40-6-20-8)9(24)1-7-2-11(23-5-19-12-14(23)21-16(18)22-15(12)25)34-10(7)4-33-38(29,30)36-39(31,32)35-37(26,27)28/h5-7,10-11H,1-4,17H2,(H,29,30)(H,31,32)(H2,26,27,28)(H3,18,21,22,25)/t7-,10?,11-/m1/s1. The number of nitrogens with one attached hydrogen (secondary N) is 1. The second-order valence-corrected chi connectivity index (χ2v) is 13.5. The zero-order valence-corrected chi connectivity index (χ0v) is 23.4. The van der Waals surface area contributed by atoms with Crippen LogP contribution < -0.4 is 17.0 Å². The van der Waals surface area contributed by atoms with Crippen LogP contribution in [0.4, 0.5) is 5.95 Å². The van der Waals surface area contributed by atoms with Crippen LogP contribution in [-0.4, -0.2) is 62.6 Å². The fourth-order valence-corrected chi connectivity index (χ4v) is 7.75. The summed E-state index contributed by atoms with van der Waals surface area (Å²) >= 11 is 1.07. The zero-order valence-electron chi connectivity index (χ0n) is 19.9. The van der Waals surface area contributed by atoms with Gasteiger partial charge in [0, 0.05) is 13.0 Å². The highest BCUT2D eigenvalue weighted by Crippen LogP contribution is 2.66. The van der Waals surface area contributed by atoms with Crippen molar-refractivity contribution in [1.82, 2.24) is 24.5 Å². The van der Waals surface area contributed by atoms with Gasteiger partial charge in [0.25, 0.3) is 5.56 Å². The van der Waals surface area contributed by atoms with Crippen molar-refractivity contribution in [2.45, 2.75) is 31.7 Å². The number of ether oxygens (including phenoxy) is 1. The number of nitrogens with zero attached hydrogens (tertiary/aromatic N) is 4.